The molecule has 0 aliphatic carbocycles. The van der Waals surface area contributed by atoms with E-state index < -0.39 is 17.4 Å². The van der Waals surface area contributed by atoms with E-state index in [1.54, 1.807) is 0 Å². The van der Waals surface area contributed by atoms with Gasteiger partial charge in [-0.2, -0.15) is 0 Å². The third-order valence-electron chi connectivity index (χ3n) is 3.04. The van der Waals surface area contributed by atoms with E-state index in [2.05, 4.69) is 5.32 Å². The van der Waals surface area contributed by atoms with Gasteiger partial charge in [0.05, 0.1) is 6.61 Å². The largest absolute Gasteiger partial charge is 0.503 e. The number of anilines is 1. The van der Waals surface area contributed by atoms with Crippen molar-refractivity contribution in [3.8, 4) is 5.75 Å². The number of hydrogen-bond donors (Lipinski definition) is 2. The summed E-state index contributed by atoms with van der Waals surface area (Å²) in [5.74, 6) is -2.88. The third-order valence-corrected chi connectivity index (χ3v) is 3.04. The normalized spacial score (nSPS) is 10.6. The summed E-state index contributed by atoms with van der Waals surface area (Å²) in [5, 5.41) is 12.2. The van der Waals surface area contributed by atoms with Crippen molar-refractivity contribution in [2.75, 3.05) is 11.9 Å². The van der Waals surface area contributed by atoms with E-state index in [9.17, 15) is 8.78 Å². The maximum Gasteiger partial charge on any atom is 0.187 e. The minimum atomic E-state index is -0.964. The number of phenols is 1. The molecule has 0 spiro atoms. The molecule has 21 heavy (non-hydrogen) atoms. The van der Waals surface area contributed by atoms with E-state index in [1.807, 2.05) is 31.2 Å². The molecule has 112 valence electrons. The third kappa shape index (κ3) is 3.92. The van der Waals surface area contributed by atoms with Crippen molar-refractivity contribution < 1.29 is 18.6 Å². The van der Waals surface area contributed by atoms with Crippen LogP contribution in [0.3, 0.4) is 0 Å². The summed E-state index contributed by atoms with van der Waals surface area (Å²) in [6.45, 7) is 3.25. The second-order valence-electron chi connectivity index (χ2n) is 4.56. The first-order chi connectivity index (χ1) is 10.1. The van der Waals surface area contributed by atoms with Crippen LogP contribution in [0.2, 0.25) is 0 Å². The average molecular weight is 293 g/mol. The molecule has 0 fully saturated rings. The molecule has 0 aliphatic rings. The summed E-state index contributed by atoms with van der Waals surface area (Å²) >= 11 is 0. The lowest BCUT2D eigenvalue weighted by Crippen LogP contribution is -2.04. The fourth-order valence-corrected chi connectivity index (χ4v) is 1.95. The second kappa shape index (κ2) is 7.04. The molecule has 2 aromatic rings. The SMILES string of the molecule is CCOCc1ccccc1NCc1cc(F)c(O)c(F)c1. The van der Waals surface area contributed by atoms with E-state index in [4.69, 9.17) is 9.84 Å². The Balaban J connectivity index is 2.09. The van der Waals surface area contributed by atoms with E-state index in [0.29, 0.717) is 18.8 Å². The highest BCUT2D eigenvalue weighted by atomic mass is 19.1. The summed E-state index contributed by atoms with van der Waals surface area (Å²) in [5.41, 5.74) is 2.23. The van der Waals surface area contributed by atoms with Crippen molar-refractivity contribution in [2.45, 2.75) is 20.1 Å². The van der Waals surface area contributed by atoms with Crippen LogP contribution in [0, 0.1) is 11.6 Å². The zero-order valence-electron chi connectivity index (χ0n) is 11.7. The molecule has 0 unspecified atom stereocenters. The number of benzene rings is 2. The van der Waals surface area contributed by atoms with Gasteiger partial charge >= 0.3 is 0 Å². The van der Waals surface area contributed by atoms with E-state index >= 15 is 0 Å². The van der Waals surface area contributed by atoms with Gasteiger partial charge in [-0.3, -0.25) is 0 Å². The number of phenolic OH excluding ortho intramolecular Hbond substituents is 1. The monoisotopic (exact) mass is 293 g/mol. The smallest absolute Gasteiger partial charge is 0.187 e. The van der Waals surface area contributed by atoms with Crippen LogP contribution in [0.4, 0.5) is 14.5 Å². The highest BCUT2D eigenvalue weighted by Gasteiger charge is 2.10. The number of aromatic hydroxyl groups is 1. The summed E-state index contributed by atoms with van der Waals surface area (Å²) in [6.07, 6.45) is 0. The zero-order chi connectivity index (χ0) is 15.2. The minimum absolute atomic E-state index is 0.247. The van der Waals surface area contributed by atoms with Gasteiger partial charge in [0.1, 0.15) is 0 Å². The first-order valence-corrected chi connectivity index (χ1v) is 6.68. The molecule has 0 saturated carbocycles. The molecule has 5 heteroatoms. The molecule has 0 saturated heterocycles. The fourth-order valence-electron chi connectivity index (χ4n) is 1.95. The summed E-state index contributed by atoms with van der Waals surface area (Å²) < 4.78 is 31.9. The average Bonchev–Trinajstić information content (AvgIpc) is 2.49. The lowest BCUT2D eigenvalue weighted by atomic mass is 10.1. The van der Waals surface area contributed by atoms with E-state index in [0.717, 1.165) is 23.4 Å². The maximum atomic E-state index is 13.3. The molecular formula is C16H17F2NO2. The minimum Gasteiger partial charge on any atom is -0.503 e. The molecule has 0 amide bonds. The molecule has 0 aromatic heterocycles. The molecular weight excluding hydrogens is 276 g/mol. The molecule has 0 bridgehead atoms. The van der Waals surface area contributed by atoms with Gasteiger partial charge in [0.2, 0.25) is 0 Å². The van der Waals surface area contributed by atoms with Crippen LogP contribution in [-0.2, 0) is 17.9 Å². The summed E-state index contributed by atoms with van der Waals surface area (Å²) in [7, 11) is 0. The van der Waals surface area contributed by atoms with Gasteiger partial charge < -0.3 is 15.2 Å². The topological polar surface area (TPSA) is 41.5 Å². The van der Waals surface area contributed by atoms with Gasteiger partial charge in [-0.25, -0.2) is 8.78 Å². The van der Waals surface area contributed by atoms with Crippen molar-refractivity contribution in [1.29, 1.82) is 0 Å². The van der Waals surface area contributed by atoms with Crippen molar-refractivity contribution in [2.24, 2.45) is 0 Å². The van der Waals surface area contributed by atoms with Crippen molar-refractivity contribution in [3.05, 3.63) is 59.2 Å². The van der Waals surface area contributed by atoms with Gasteiger partial charge in [-0.15, -0.1) is 0 Å². The van der Waals surface area contributed by atoms with Crippen LogP contribution in [-0.4, -0.2) is 11.7 Å². The van der Waals surface area contributed by atoms with Crippen LogP contribution in [0.25, 0.3) is 0 Å². The van der Waals surface area contributed by atoms with Crippen LogP contribution < -0.4 is 5.32 Å². The Morgan fingerprint density at radius 2 is 1.81 bits per heavy atom. The predicted molar refractivity (Wildman–Crippen MR) is 77.1 cm³/mol. The Bertz CT molecular complexity index is 594. The summed E-state index contributed by atoms with van der Waals surface area (Å²) in [4.78, 5) is 0. The van der Waals surface area contributed by atoms with Crippen LogP contribution in [0.1, 0.15) is 18.1 Å². The first kappa shape index (κ1) is 15.3. The maximum absolute atomic E-state index is 13.3. The molecule has 2 aromatic carbocycles. The van der Waals surface area contributed by atoms with Gasteiger partial charge in [0.15, 0.2) is 17.4 Å². The van der Waals surface area contributed by atoms with Crippen molar-refractivity contribution in [1.82, 2.24) is 0 Å². The Morgan fingerprint density at radius 1 is 1.14 bits per heavy atom. The Labute approximate surface area is 122 Å². The molecule has 0 atom stereocenters. The highest BCUT2D eigenvalue weighted by Crippen LogP contribution is 2.23. The van der Waals surface area contributed by atoms with Crippen LogP contribution in [0.5, 0.6) is 5.75 Å². The molecule has 0 aliphatic heterocycles. The fraction of sp³-hybridized carbons (Fsp3) is 0.250. The molecule has 0 radical (unpaired) electrons. The Hall–Kier alpha value is -2.14. The quantitative estimate of drug-likeness (QED) is 0.850. The van der Waals surface area contributed by atoms with Crippen LogP contribution in [0.15, 0.2) is 36.4 Å². The summed E-state index contributed by atoms with van der Waals surface area (Å²) in [6, 6.07) is 9.79. The Kier molecular flexibility index (Phi) is 5.11. The number of halogens is 2. The first-order valence-electron chi connectivity index (χ1n) is 6.68. The van der Waals surface area contributed by atoms with Gasteiger partial charge in [-0.1, -0.05) is 18.2 Å². The van der Waals surface area contributed by atoms with Gasteiger partial charge in [-0.05, 0) is 30.7 Å². The second-order valence-corrected chi connectivity index (χ2v) is 4.56. The lowest BCUT2D eigenvalue weighted by molar-refractivity contribution is 0.134. The molecule has 0 heterocycles. The standard InChI is InChI=1S/C16H17F2NO2/c1-2-21-10-12-5-3-4-6-15(12)19-9-11-7-13(17)16(20)14(18)8-11/h3-8,19-20H,2,9-10H2,1H3. The van der Waals surface area contributed by atoms with Crippen molar-refractivity contribution in [3.63, 3.8) is 0 Å². The molecule has 3 nitrogen and oxygen atoms in total. The van der Waals surface area contributed by atoms with E-state index in [1.165, 1.54) is 0 Å². The highest BCUT2D eigenvalue weighted by molar-refractivity contribution is 5.51. The number of ether oxygens (including phenoxy) is 1. The van der Waals surface area contributed by atoms with Crippen LogP contribution >= 0.6 is 0 Å². The van der Waals surface area contributed by atoms with E-state index in [-0.39, 0.29) is 6.54 Å². The number of para-hydroxylation sites is 1. The predicted octanol–water partition coefficient (Wildman–Crippen LogP) is 3.82. The number of hydrogen-bond acceptors (Lipinski definition) is 3. The van der Waals surface area contributed by atoms with Gasteiger partial charge in [0.25, 0.3) is 0 Å². The zero-order valence-corrected chi connectivity index (χ0v) is 11.7. The lowest BCUT2D eigenvalue weighted by Gasteiger charge is -2.12. The Morgan fingerprint density at radius 3 is 2.48 bits per heavy atom. The van der Waals surface area contributed by atoms with Gasteiger partial charge in [0, 0.05) is 24.4 Å². The number of nitrogens with one attached hydrogen (secondary N) is 1. The van der Waals surface area contributed by atoms with Crippen molar-refractivity contribution >= 4 is 5.69 Å². The molecule has 2 N–H and O–H groups in total. The molecule has 2 rings (SSSR count). The number of rotatable bonds is 6.